The molecule has 1 saturated heterocycles. The van der Waals surface area contributed by atoms with Gasteiger partial charge in [0.2, 0.25) is 0 Å². The van der Waals surface area contributed by atoms with Crippen LogP contribution in [-0.4, -0.2) is 63.5 Å². The van der Waals surface area contributed by atoms with Crippen LogP contribution in [0, 0.1) is 0 Å². The smallest absolute Gasteiger partial charge is 0.356 e. The Hall–Kier alpha value is -1.92. The molecule has 1 N–H and O–H groups in total. The molecule has 0 unspecified atom stereocenters. The van der Waals surface area contributed by atoms with E-state index in [1.165, 1.54) is 5.56 Å². The monoisotopic (exact) mass is 274 g/mol. The van der Waals surface area contributed by atoms with Crippen LogP contribution in [-0.2, 0) is 6.54 Å². The second kappa shape index (κ2) is 5.22. The summed E-state index contributed by atoms with van der Waals surface area (Å²) in [5, 5.41) is 8.95. The summed E-state index contributed by atoms with van der Waals surface area (Å²) in [5.74, 6) is -0.991. The van der Waals surface area contributed by atoms with Crippen LogP contribution in [0.3, 0.4) is 0 Å². The van der Waals surface area contributed by atoms with Crippen molar-refractivity contribution in [3.05, 3.63) is 35.8 Å². The summed E-state index contributed by atoms with van der Waals surface area (Å²) in [5.41, 5.74) is 1.93. The zero-order chi connectivity index (χ0) is 14.1. The highest BCUT2D eigenvalue weighted by molar-refractivity contribution is 5.86. The third-order valence-corrected chi connectivity index (χ3v) is 3.73. The first kappa shape index (κ1) is 13.1. The minimum absolute atomic E-state index is 0.0850. The molecule has 0 saturated carbocycles. The van der Waals surface area contributed by atoms with Crippen molar-refractivity contribution in [2.24, 2.45) is 0 Å². The van der Waals surface area contributed by atoms with Gasteiger partial charge in [-0.3, -0.25) is 4.90 Å². The number of nitrogens with zero attached hydrogens (tertiary/aromatic N) is 4. The van der Waals surface area contributed by atoms with Gasteiger partial charge in [-0.2, -0.15) is 0 Å². The number of hydrogen-bond acceptors (Lipinski definition) is 4. The Balaban J connectivity index is 1.77. The van der Waals surface area contributed by atoms with Crippen molar-refractivity contribution in [3.8, 4) is 0 Å². The number of carboxylic acid groups (broad SMARTS) is 1. The molecule has 106 valence electrons. The van der Waals surface area contributed by atoms with Crippen molar-refractivity contribution in [3.63, 3.8) is 0 Å². The average Bonchev–Trinajstić information content (AvgIpc) is 2.85. The molecule has 2 aromatic heterocycles. The van der Waals surface area contributed by atoms with E-state index in [9.17, 15) is 4.79 Å². The normalized spacial score (nSPS) is 17.6. The fourth-order valence-electron chi connectivity index (χ4n) is 2.50. The van der Waals surface area contributed by atoms with E-state index in [1.54, 1.807) is 10.6 Å². The van der Waals surface area contributed by atoms with Gasteiger partial charge in [0.05, 0.1) is 0 Å². The van der Waals surface area contributed by atoms with Gasteiger partial charge in [0.15, 0.2) is 5.69 Å². The van der Waals surface area contributed by atoms with Gasteiger partial charge in [0.25, 0.3) is 0 Å². The van der Waals surface area contributed by atoms with E-state index >= 15 is 0 Å². The Morgan fingerprint density at radius 1 is 1.25 bits per heavy atom. The van der Waals surface area contributed by atoms with Gasteiger partial charge in [0.1, 0.15) is 5.65 Å². The van der Waals surface area contributed by atoms with Crippen LogP contribution >= 0.6 is 0 Å². The Bertz CT molecular complexity index is 629. The molecule has 3 rings (SSSR count). The maximum Gasteiger partial charge on any atom is 0.356 e. The van der Waals surface area contributed by atoms with E-state index in [2.05, 4.69) is 21.8 Å². The van der Waals surface area contributed by atoms with Crippen molar-refractivity contribution >= 4 is 11.6 Å². The number of rotatable bonds is 3. The quantitative estimate of drug-likeness (QED) is 0.896. The highest BCUT2D eigenvalue weighted by Gasteiger charge is 2.14. The van der Waals surface area contributed by atoms with Gasteiger partial charge in [-0.25, -0.2) is 9.78 Å². The second-order valence-electron chi connectivity index (χ2n) is 5.31. The van der Waals surface area contributed by atoms with Crippen LogP contribution < -0.4 is 0 Å². The molecular formula is C14H18N4O2. The summed E-state index contributed by atoms with van der Waals surface area (Å²) in [6.45, 7) is 5.22. The van der Waals surface area contributed by atoms with Crippen LogP contribution in [0.4, 0.5) is 0 Å². The molecule has 0 bridgehead atoms. The van der Waals surface area contributed by atoms with E-state index in [1.807, 2.05) is 18.3 Å². The Morgan fingerprint density at radius 3 is 2.70 bits per heavy atom. The molecule has 1 aliphatic heterocycles. The Labute approximate surface area is 117 Å². The molecule has 0 aromatic carbocycles. The van der Waals surface area contributed by atoms with Gasteiger partial charge in [-0.1, -0.05) is 6.07 Å². The van der Waals surface area contributed by atoms with Crippen molar-refractivity contribution < 1.29 is 9.90 Å². The molecule has 0 aliphatic carbocycles. The van der Waals surface area contributed by atoms with Crippen molar-refractivity contribution in [1.82, 2.24) is 19.2 Å². The van der Waals surface area contributed by atoms with Gasteiger partial charge in [0, 0.05) is 45.1 Å². The molecule has 6 heteroatoms. The number of aromatic carboxylic acids is 1. The third kappa shape index (κ3) is 2.66. The number of piperazine rings is 1. The topological polar surface area (TPSA) is 61.1 Å². The lowest BCUT2D eigenvalue weighted by Crippen LogP contribution is -2.43. The molecule has 2 aromatic rings. The average molecular weight is 274 g/mol. The van der Waals surface area contributed by atoms with Gasteiger partial charge < -0.3 is 14.4 Å². The van der Waals surface area contributed by atoms with Crippen molar-refractivity contribution in [1.29, 1.82) is 0 Å². The number of likely N-dealkylation sites (N-methyl/N-ethyl adjacent to an activating group) is 1. The van der Waals surface area contributed by atoms with Crippen LogP contribution in [0.15, 0.2) is 24.5 Å². The lowest BCUT2D eigenvalue weighted by Gasteiger charge is -2.32. The van der Waals surface area contributed by atoms with Gasteiger partial charge in [-0.15, -0.1) is 0 Å². The molecule has 0 atom stereocenters. The summed E-state index contributed by atoms with van der Waals surface area (Å²) in [7, 11) is 2.14. The molecule has 6 nitrogen and oxygen atoms in total. The fraction of sp³-hybridized carbons (Fsp3) is 0.429. The van der Waals surface area contributed by atoms with Crippen LogP contribution in [0.5, 0.6) is 0 Å². The number of imidazole rings is 1. The number of fused-ring (bicyclic) bond motifs is 1. The molecule has 0 spiro atoms. The summed E-state index contributed by atoms with van der Waals surface area (Å²) < 4.78 is 1.79. The Kier molecular flexibility index (Phi) is 3.42. The minimum atomic E-state index is -0.991. The van der Waals surface area contributed by atoms with Crippen LogP contribution in [0.2, 0.25) is 0 Å². The minimum Gasteiger partial charge on any atom is -0.476 e. The summed E-state index contributed by atoms with van der Waals surface area (Å²) >= 11 is 0. The Morgan fingerprint density at radius 2 is 2.00 bits per heavy atom. The SMILES string of the molecule is CN1CCN(Cc2ccc3nc(C(=O)O)cn3c2)CC1. The maximum absolute atomic E-state index is 10.9. The fourth-order valence-corrected chi connectivity index (χ4v) is 2.50. The molecule has 0 radical (unpaired) electrons. The lowest BCUT2D eigenvalue weighted by atomic mass is 10.2. The molecule has 1 aliphatic rings. The lowest BCUT2D eigenvalue weighted by molar-refractivity contribution is 0.0691. The number of pyridine rings is 1. The highest BCUT2D eigenvalue weighted by Crippen LogP contribution is 2.11. The summed E-state index contributed by atoms with van der Waals surface area (Å²) in [6.07, 6.45) is 3.53. The van der Waals surface area contributed by atoms with E-state index in [-0.39, 0.29) is 5.69 Å². The van der Waals surface area contributed by atoms with Crippen LogP contribution in [0.1, 0.15) is 16.1 Å². The van der Waals surface area contributed by atoms with E-state index in [0.717, 1.165) is 32.7 Å². The molecular weight excluding hydrogens is 256 g/mol. The number of carboxylic acids is 1. The predicted molar refractivity (Wildman–Crippen MR) is 74.9 cm³/mol. The van der Waals surface area contributed by atoms with Crippen molar-refractivity contribution in [2.45, 2.75) is 6.54 Å². The van der Waals surface area contributed by atoms with E-state index < -0.39 is 5.97 Å². The maximum atomic E-state index is 10.9. The molecule has 3 heterocycles. The predicted octanol–water partition coefficient (Wildman–Crippen LogP) is 0.780. The first-order valence-electron chi connectivity index (χ1n) is 6.73. The zero-order valence-electron chi connectivity index (χ0n) is 11.5. The summed E-state index contributed by atoms with van der Waals surface area (Å²) in [6, 6.07) is 3.89. The standard InChI is InChI=1S/C14H18N4O2/c1-16-4-6-17(7-5-16)8-11-2-3-13-15-12(14(19)20)10-18(13)9-11/h2-3,9-10H,4-8H2,1H3,(H,19,20). The van der Waals surface area contributed by atoms with E-state index in [0.29, 0.717) is 5.65 Å². The number of hydrogen-bond donors (Lipinski definition) is 1. The first-order chi connectivity index (χ1) is 9.61. The second-order valence-corrected chi connectivity index (χ2v) is 5.31. The first-order valence-corrected chi connectivity index (χ1v) is 6.73. The molecule has 0 amide bonds. The van der Waals surface area contributed by atoms with Crippen LogP contribution in [0.25, 0.3) is 5.65 Å². The zero-order valence-corrected chi connectivity index (χ0v) is 11.5. The highest BCUT2D eigenvalue weighted by atomic mass is 16.4. The van der Waals surface area contributed by atoms with Crippen molar-refractivity contribution in [2.75, 3.05) is 33.2 Å². The number of aromatic nitrogens is 2. The molecule has 1 fully saturated rings. The van der Waals surface area contributed by atoms with Gasteiger partial charge in [-0.05, 0) is 18.7 Å². The molecule has 20 heavy (non-hydrogen) atoms. The van der Waals surface area contributed by atoms with Gasteiger partial charge >= 0.3 is 5.97 Å². The third-order valence-electron chi connectivity index (χ3n) is 3.73. The largest absolute Gasteiger partial charge is 0.476 e. The van der Waals surface area contributed by atoms with E-state index in [4.69, 9.17) is 5.11 Å². The summed E-state index contributed by atoms with van der Waals surface area (Å²) in [4.78, 5) is 19.7. The number of carbonyl (C=O) groups is 1.